The molecule has 0 fully saturated rings. The second-order valence-corrected chi connectivity index (χ2v) is 4.74. The van der Waals surface area contributed by atoms with Gasteiger partial charge in [0.05, 0.1) is 0 Å². The van der Waals surface area contributed by atoms with Crippen molar-refractivity contribution in [2.75, 3.05) is 0 Å². The molecule has 0 atom stereocenters. The van der Waals surface area contributed by atoms with Crippen LogP contribution in [0.3, 0.4) is 0 Å². The summed E-state index contributed by atoms with van der Waals surface area (Å²) in [5, 5.41) is 0. The summed E-state index contributed by atoms with van der Waals surface area (Å²) in [5.41, 5.74) is 6.54. The molecule has 1 nitrogen and oxygen atoms in total. The first-order valence-electron chi connectivity index (χ1n) is 6.56. The van der Waals surface area contributed by atoms with Gasteiger partial charge in [0, 0.05) is 11.1 Å². The average molecular weight is 236 g/mol. The molecule has 18 heavy (non-hydrogen) atoms. The van der Waals surface area contributed by atoms with E-state index in [0.29, 0.717) is 0 Å². The smallest absolute Gasteiger partial charge is 0.189 e. The first kappa shape index (κ1) is 11.2. The van der Waals surface area contributed by atoms with E-state index in [1.807, 2.05) is 18.2 Å². The van der Waals surface area contributed by atoms with Crippen LogP contribution in [0, 0.1) is 0 Å². The van der Waals surface area contributed by atoms with Gasteiger partial charge in [0.2, 0.25) is 0 Å². The van der Waals surface area contributed by atoms with E-state index < -0.39 is 0 Å². The number of benzene rings is 1. The molecule has 0 aromatic heterocycles. The number of carbonyl (C=O) groups excluding carboxylic acids is 1. The van der Waals surface area contributed by atoms with Gasteiger partial charge in [-0.05, 0) is 47.3 Å². The Kier molecular flexibility index (Phi) is 2.55. The third-order valence-corrected chi connectivity index (χ3v) is 3.80. The highest BCUT2D eigenvalue weighted by Gasteiger charge is 2.29. The first-order valence-corrected chi connectivity index (χ1v) is 6.56. The molecule has 0 amide bonds. The fraction of sp³-hybridized carbons (Fsp3) is 0.235. The van der Waals surface area contributed by atoms with E-state index in [1.165, 1.54) is 16.7 Å². The Morgan fingerprint density at radius 2 is 1.72 bits per heavy atom. The number of Topliss-reactive ketones (excluding diaryl/α,β-unsaturated/α-hetero) is 1. The zero-order valence-electron chi connectivity index (χ0n) is 10.8. The highest BCUT2D eigenvalue weighted by atomic mass is 16.1. The highest BCUT2D eigenvalue weighted by Crippen LogP contribution is 2.41. The number of ketones is 1. The Morgan fingerprint density at radius 3 is 2.44 bits per heavy atom. The summed E-state index contributed by atoms with van der Waals surface area (Å²) in [6, 6.07) is 8.23. The maximum atomic E-state index is 12.5. The number of rotatable bonds is 2. The van der Waals surface area contributed by atoms with Crippen molar-refractivity contribution < 1.29 is 4.79 Å². The van der Waals surface area contributed by atoms with Crippen LogP contribution in [0.5, 0.6) is 0 Å². The molecule has 2 aliphatic carbocycles. The summed E-state index contributed by atoms with van der Waals surface area (Å²) in [5.74, 6) is 0.225. The second kappa shape index (κ2) is 4.09. The standard InChI is InChI=1S/C17H16O/c1-3-11-9-15-14-8-6-5-7-12(14)10-16(15)17(18)13(11)4-2/h5-10H,3-4H2,1-2H3. The Morgan fingerprint density at radius 1 is 0.944 bits per heavy atom. The van der Waals surface area contributed by atoms with Crippen LogP contribution < -0.4 is 0 Å². The van der Waals surface area contributed by atoms with Gasteiger partial charge in [-0.1, -0.05) is 38.1 Å². The van der Waals surface area contributed by atoms with Gasteiger partial charge in [-0.25, -0.2) is 0 Å². The number of hydrogen-bond donors (Lipinski definition) is 0. The summed E-state index contributed by atoms with van der Waals surface area (Å²) < 4.78 is 0. The minimum Gasteiger partial charge on any atom is -0.289 e. The van der Waals surface area contributed by atoms with Crippen molar-refractivity contribution >= 4 is 17.4 Å². The van der Waals surface area contributed by atoms with Gasteiger partial charge in [0.15, 0.2) is 5.78 Å². The molecule has 0 radical (unpaired) electrons. The lowest BCUT2D eigenvalue weighted by atomic mass is 9.85. The number of hydrogen-bond acceptors (Lipinski definition) is 1. The number of allylic oxidation sites excluding steroid dienone is 5. The van der Waals surface area contributed by atoms with E-state index in [0.717, 1.165) is 29.6 Å². The molecular formula is C17H16O. The molecule has 0 aliphatic heterocycles. The summed E-state index contributed by atoms with van der Waals surface area (Å²) >= 11 is 0. The summed E-state index contributed by atoms with van der Waals surface area (Å²) in [6.45, 7) is 4.18. The molecule has 0 saturated carbocycles. The van der Waals surface area contributed by atoms with Crippen molar-refractivity contribution in [2.24, 2.45) is 0 Å². The SMILES string of the molecule is CCC1=C(CC)C(=O)C2=Cc3ccccc3C2=C1. The van der Waals surface area contributed by atoms with E-state index in [-0.39, 0.29) is 5.78 Å². The van der Waals surface area contributed by atoms with Crippen LogP contribution in [0.25, 0.3) is 11.6 Å². The third kappa shape index (κ3) is 1.43. The molecule has 0 heterocycles. The van der Waals surface area contributed by atoms with Gasteiger partial charge >= 0.3 is 0 Å². The van der Waals surface area contributed by atoms with Crippen LogP contribution in [0.4, 0.5) is 0 Å². The molecule has 90 valence electrons. The zero-order chi connectivity index (χ0) is 12.7. The van der Waals surface area contributed by atoms with Crippen molar-refractivity contribution in [3.63, 3.8) is 0 Å². The second-order valence-electron chi connectivity index (χ2n) is 4.74. The van der Waals surface area contributed by atoms with Crippen molar-refractivity contribution in [1.82, 2.24) is 0 Å². The molecule has 2 aliphatic rings. The van der Waals surface area contributed by atoms with E-state index in [9.17, 15) is 4.79 Å². The molecule has 1 aromatic carbocycles. The minimum atomic E-state index is 0.225. The largest absolute Gasteiger partial charge is 0.289 e. The molecular weight excluding hydrogens is 220 g/mol. The lowest BCUT2D eigenvalue weighted by molar-refractivity contribution is -0.112. The van der Waals surface area contributed by atoms with Crippen LogP contribution in [0.1, 0.15) is 37.8 Å². The van der Waals surface area contributed by atoms with Crippen molar-refractivity contribution in [2.45, 2.75) is 26.7 Å². The predicted octanol–water partition coefficient (Wildman–Crippen LogP) is 4.17. The monoisotopic (exact) mass is 236 g/mol. The lowest BCUT2D eigenvalue weighted by Gasteiger charge is -2.18. The Balaban J connectivity index is 2.22. The van der Waals surface area contributed by atoms with E-state index in [1.54, 1.807) is 0 Å². The van der Waals surface area contributed by atoms with Crippen LogP contribution in [-0.2, 0) is 4.79 Å². The Hall–Kier alpha value is -1.89. The van der Waals surface area contributed by atoms with E-state index >= 15 is 0 Å². The number of carbonyl (C=O) groups is 1. The minimum absolute atomic E-state index is 0.225. The predicted molar refractivity (Wildman–Crippen MR) is 75.0 cm³/mol. The maximum Gasteiger partial charge on any atom is 0.189 e. The molecule has 0 saturated heterocycles. The quantitative estimate of drug-likeness (QED) is 0.753. The summed E-state index contributed by atoms with van der Waals surface area (Å²) in [4.78, 5) is 12.5. The molecule has 0 spiro atoms. The van der Waals surface area contributed by atoms with E-state index in [4.69, 9.17) is 0 Å². The molecule has 1 heteroatoms. The summed E-state index contributed by atoms with van der Waals surface area (Å²) in [6.07, 6.45) is 5.98. The van der Waals surface area contributed by atoms with Gasteiger partial charge in [-0.15, -0.1) is 0 Å². The van der Waals surface area contributed by atoms with Crippen molar-refractivity contribution in [1.29, 1.82) is 0 Å². The lowest BCUT2D eigenvalue weighted by Crippen LogP contribution is -2.12. The Labute approximate surface area is 108 Å². The fourth-order valence-corrected chi connectivity index (χ4v) is 2.86. The van der Waals surface area contributed by atoms with Gasteiger partial charge in [0.1, 0.15) is 0 Å². The van der Waals surface area contributed by atoms with Crippen LogP contribution in [-0.4, -0.2) is 5.78 Å². The van der Waals surface area contributed by atoms with Gasteiger partial charge < -0.3 is 0 Å². The highest BCUT2D eigenvalue weighted by molar-refractivity contribution is 6.26. The molecule has 0 unspecified atom stereocenters. The van der Waals surface area contributed by atoms with Gasteiger partial charge in [0.25, 0.3) is 0 Å². The fourth-order valence-electron chi connectivity index (χ4n) is 2.86. The normalized spacial score (nSPS) is 17.3. The van der Waals surface area contributed by atoms with Crippen LogP contribution in [0.15, 0.2) is 47.1 Å². The molecule has 3 rings (SSSR count). The van der Waals surface area contributed by atoms with Gasteiger partial charge in [-0.2, -0.15) is 0 Å². The molecule has 1 aromatic rings. The third-order valence-electron chi connectivity index (χ3n) is 3.80. The number of fused-ring (bicyclic) bond motifs is 3. The van der Waals surface area contributed by atoms with Crippen LogP contribution >= 0.6 is 0 Å². The van der Waals surface area contributed by atoms with Crippen LogP contribution in [0.2, 0.25) is 0 Å². The zero-order valence-corrected chi connectivity index (χ0v) is 10.8. The summed E-state index contributed by atoms with van der Waals surface area (Å²) in [7, 11) is 0. The van der Waals surface area contributed by atoms with Crippen molar-refractivity contribution in [3.05, 3.63) is 58.2 Å². The average Bonchev–Trinajstić information content (AvgIpc) is 2.77. The van der Waals surface area contributed by atoms with Gasteiger partial charge in [-0.3, -0.25) is 4.79 Å². The van der Waals surface area contributed by atoms with Crippen molar-refractivity contribution in [3.8, 4) is 0 Å². The topological polar surface area (TPSA) is 17.1 Å². The Bertz CT molecular complexity index is 627. The molecule has 0 bridgehead atoms. The molecule has 0 N–H and O–H groups in total. The first-order chi connectivity index (χ1) is 8.76. The van der Waals surface area contributed by atoms with E-state index in [2.05, 4.69) is 32.1 Å². The maximum absolute atomic E-state index is 12.5.